The Balaban J connectivity index is 1.47. The molecule has 1 aromatic carbocycles. The quantitative estimate of drug-likeness (QED) is 0.401. The molecule has 8 nitrogen and oxygen atoms in total. The summed E-state index contributed by atoms with van der Waals surface area (Å²) in [5, 5.41) is 18.1. The Morgan fingerprint density at radius 3 is 2.71 bits per heavy atom. The molecule has 0 fully saturated rings. The summed E-state index contributed by atoms with van der Waals surface area (Å²) in [5.41, 5.74) is 1.54. The lowest BCUT2D eigenvalue weighted by atomic mass is 9.98. The standard InChI is InChI=1S/C24H23ClN6O2S/c1-24(2)21-16(22(33)31(24)18(13-32)14-5-4-6-15(25)11-14)12-19(34-21)17-7-9-26-23(28-17)29-20-8-10-27-30(20)3/h4-12,18,32H,13H2,1-3H3,(H,26,28,29)/t18-/m1/s1. The largest absolute Gasteiger partial charge is 0.394 e. The van der Waals surface area contributed by atoms with E-state index in [0.717, 1.165) is 26.8 Å². The maximum Gasteiger partial charge on any atom is 0.256 e. The number of thiophene rings is 1. The van der Waals surface area contributed by atoms with Gasteiger partial charge in [0, 0.05) is 29.2 Å². The minimum Gasteiger partial charge on any atom is -0.394 e. The third kappa shape index (κ3) is 3.75. The highest BCUT2D eigenvalue weighted by Gasteiger charge is 2.48. The Labute approximate surface area is 205 Å². The van der Waals surface area contributed by atoms with Crippen molar-refractivity contribution in [3.63, 3.8) is 0 Å². The Kier molecular flexibility index (Phi) is 5.63. The van der Waals surface area contributed by atoms with Crippen LogP contribution in [0.3, 0.4) is 0 Å². The fraction of sp³-hybridized carbons (Fsp3) is 0.250. The number of anilines is 2. The lowest BCUT2D eigenvalue weighted by molar-refractivity contribution is 0.0339. The van der Waals surface area contributed by atoms with Crippen molar-refractivity contribution in [2.24, 2.45) is 7.05 Å². The van der Waals surface area contributed by atoms with E-state index in [1.807, 2.05) is 51.2 Å². The molecule has 1 aliphatic heterocycles. The Hall–Kier alpha value is -3.27. The molecule has 4 heterocycles. The number of aliphatic hydroxyl groups is 1. The van der Waals surface area contributed by atoms with E-state index in [4.69, 9.17) is 11.6 Å². The summed E-state index contributed by atoms with van der Waals surface area (Å²) in [6.07, 6.45) is 3.38. The van der Waals surface area contributed by atoms with Crippen molar-refractivity contribution in [2.75, 3.05) is 11.9 Å². The first-order valence-corrected chi connectivity index (χ1v) is 11.9. The van der Waals surface area contributed by atoms with Gasteiger partial charge in [0.25, 0.3) is 5.91 Å². The topological polar surface area (TPSA) is 96.2 Å². The van der Waals surface area contributed by atoms with Gasteiger partial charge in [-0.25, -0.2) is 9.97 Å². The normalized spacial score (nSPS) is 15.4. The molecule has 5 rings (SSSR count). The van der Waals surface area contributed by atoms with Crippen LogP contribution in [0.4, 0.5) is 11.8 Å². The number of carbonyl (C=O) groups is 1. The Morgan fingerprint density at radius 1 is 1.21 bits per heavy atom. The number of nitrogens with zero attached hydrogens (tertiary/aromatic N) is 5. The summed E-state index contributed by atoms with van der Waals surface area (Å²) in [7, 11) is 1.83. The smallest absolute Gasteiger partial charge is 0.256 e. The zero-order valence-corrected chi connectivity index (χ0v) is 20.4. The Bertz CT molecular complexity index is 1380. The molecule has 0 spiro atoms. The van der Waals surface area contributed by atoms with Gasteiger partial charge in [0.15, 0.2) is 0 Å². The number of fused-ring (bicyclic) bond motifs is 1. The van der Waals surface area contributed by atoms with Crippen LogP contribution in [0.15, 0.2) is 54.9 Å². The van der Waals surface area contributed by atoms with Crippen molar-refractivity contribution in [1.29, 1.82) is 0 Å². The van der Waals surface area contributed by atoms with Gasteiger partial charge in [0.05, 0.1) is 40.5 Å². The van der Waals surface area contributed by atoms with Crippen LogP contribution in [-0.4, -0.2) is 42.3 Å². The number of halogens is 1. The van der Waals surface area contributed by atoms with Crippen molar-refractivity contribution >= 4 is 40.6 Å². The molecule has 10 heteroatoms. The SMILES string of the molecule is Cn1nccc1Nc1nccc(-c2cc3c(s2)C(C)(C)N([C@H](CO)c2cccc(Cl)c2)C3=O)n1. The number of aryl methyl sites for hydroxylation is 1. The van der Waals surface area contributed by atoms with Gasteiger partial charge in [-0.1, -0.05) is 23.7 Å². The summed E-state index contributed by atoms with van der Waals surface area (Å²) < 4.78 is 1.70. The average molecular weight is 495 g/mol. The number of benzene rings is 1. The zero-order chi connectivity index (χ0) is 24.0. The fourth-order valence-corrected chi connectivity index (χ4v) is 5.79. The van der Waals surface area contributed by atoms with Crippen LogP contribution >= 0.6 is 22.9 Å². The minimum absolute atomic E-state index is 0.121. The van der Waals surface area contributed by atoms with Crippen LogP contribution in [0.25, 0.3) is 10.6 Å². The molecular weight excluding hydrogens is 472 g/mol. The van der Waals surface area contributed by atoms with E-state index in [0.29, 0.717) is 16.5 Å². The van der Waals surface area contributed by atoms with Gasteiger partial charge in [-0.3, -0.25) is 9.48 Å². The number of rotatable bonds is 6. The minimum atomic E-state index is -0.617. The van der Waals surface area contributed by atoms with Gasteiger partial charge in [-0.05, 0) is 43.7 Å². The highest BCUT2D eigenvalue weighted by atomic mass is 35.5. The summed E-state index contributed by atoms with van der Waals surface area (Å²) in [4.78, 5) is 26.1. The highest BCUT2D eigenvalue weighted by Crippen LogP contribution is 2.49. The van der Waals surface area contributed by atoms with E-state index in [2.05, 4.69) is 20.4 Å². The first kappa shape index (κ1) is 22.5. The van der Waals surface area contributed by atoms with Crippen LogP contribution in [0.1, 0.15) is 40.7 Å². The predicted molar refractivity (Wildman–Crippen MR) is 132 cm³/mol. The molecule has 0 unspecified atom stereocenters. The van der Waals surface area contributed by atoms with E-state index in [1.165, 1.54) is 11.3 Å². The van der Waals surface area contributed by atoms with Crippen LogP contribution < -0.4 is 5.32 Å². The molecule has 0 radical (unpaired) electrons. The molecule has 3 aromatic heterocycles. The van der Waals surface area contributed by atoms with Crippen LogP contribution in [0.5, 0.6) is 0 Å². The van der Waals surface area contributed by atoms with E-state index < -0.39 is 11.6 Å². The monoisotopic (exact) mass is 494 g/mol. The van der Waals surface area contributed by atoms with Gasteiger partial charge in [0.1, 0.15) is 5.82 Å². The first-order valence-electron chi connectivity index (χ1n) is 10.7. The van der Waals surface area contributed by atoms with Crippen molar-refractivity contribution in [2.45, 2.75) is 25.4 Å². The van der Waals surface area contributed by atoms with Crippen molar-refractivity contribution < 1.29 is 9.90 Å². The lowest BCUT2D eigenvalue weighted by Gasteiger charge is -2.38. The predicted octanol–water partition coefficient (Wildman–Crippen LogP) is 4.76. The molecule has 1 aliphatic rings. The van der Waals surface area contributed by atoms with Crippen molar-refractivity contribution in [1.82, 2.24) is 24.6 Å². The zero-order valence-electron chi connectivity index (χ0n) is 18.9. The summed E-state index contributed by atoms with van der Waals surface area (Å²) >= 11 is 7.71. The van der Waals surface area contributed by atoms with Gasteiger partial charge >= 0.3 is 0 Å². The Morgan fingerprint density at radius 2 is 2.03 bits per heavy atom. The lowest BCUT2D eigenvalue weighted by Crippen LogP contribution is -2.43. The van der Waals surface area contributed by atoms with E-state index in [1.54, 1.807) is 34.1 Å². The molecule has 0 bridgehead atoms. The van der Waals surface area contributed by atoms with Crippen molar-refractivity contribution in [3.8, 4) is 10.6 Å². The molecule has 1 atom stereocenters. The number of hydrogen-bond donors (Lipinski definition) is 2. The second-order valence-corrected chi connectivity index (χ2v) is 10.1. The maximum atomic E-state index is 13.6. The third-order valence-corrected chi connectivity index (χ3v) is 7.73. The molecular formula is C24H23ClN6O2S. The second kappa shape index (κ2) is 8.50. The third-order valence-electron chi connectivity index (χ3n) is 6.03. The number of aromatic nitrogens is 4. The number of amides is 1. The fourth-order valence-electron chi connectivity index (χ4n) is 4.37. The van der Waals surface area contributed by atoms with Crippen LogP contribution in [-0.2, 0) is 12.6 Å². The van der Waals surface area contributed by atoms with Crippen LogP contribution in [0, 0.1) is 0 Å². The number of carbonyl (C=O) groups excluding carboxylic acids is 1. The second-order valence-electron chi connectivity index (χ2n) is 8.57. The van der Waals surface area contributed by atoms with Gasteiger partial charge in [-0.15, -0.1) is 11.3 Å². The number of nitrogens with one attached hydrogen (secondary N) is 1. The van der Waals surface area contributed by atoms with E-state index >= 15 is 0 Å². The molecule has 34 heavy (non-hydrogen) atoms. The molecule has 2 N–H and O–H groups in total. The number of hydrogen-bond acceptors (Lipinski definition) is 7. The van der Waals surface area contributed by atoms with E-state index in [9.17, 15) is 9.90 Å². The first-order chi connectivity index (χ1) is 16.3. The molecule has 174 valence electrons. The van der Waals surface area contributed by atoms with Crippen molar-refractivity contribution in [3.05, 3.63) is 75.9 Å². The van der Waals surface area contributed by atoms with Gasteiger partial charge in [0.2, 0.25) is 5.95 Å². The molecule has 0 aliphatic carbocycles. The number of aliphatic hydroxyl groups excluding tert-OH is 1. The van der Waals surface area contributed by atoms with E-state index in [-0.39, 0.29) is 12.5 Å². The average Bonchev–Trinajstić information content (AvgIpc) is 3.48. The summed E-state index contributed by atoms with van der Waals surface area (Å²) in [6.45, 7) is 3.80. The molecule has 0 saturated carbocycles. The van der Waals surface area contributed by atoms with Crippen LogP contribution in [0.2, 0.25) is 5.02 Å². The van der Waals surface area contributed by atoms with Gasteiger partial charge in [-0.2, -0.15) is 5.10 Å². The van der Waals surface area contributed by atoms with Gasteiger partial charge < -0.3 is 15.3 Å². The molecule has 1 amide bonds. The maximum absolute atomic E-state index is 13.6. The highest BCUT2D eigenvalue weighted by molar-refractivity contribution is 7.16. The molecule has 4 aromatic rings. The summed E-state index contributed by atoms with van der Waals surface area (Å²) in [6, 6.07) is 12.3. The summed E-state index contributed by atoms with van der Waals surface area (Å²) in [5.74, 6) is 1.10. The molecule has 0 saturated heterocycles.